The van der Waals surface area contributed by atoms with E-state index in [1.807, 2.05) is 18.8 Å². The number of nitrogens with one attached hydrogen (secondary N) is 2. The Morgan fingerprint density at radius 2 is 1.79 bits per heavy atom. The molecule has 1 saturated heterocycles. The summed E-state index contributed by atoms with van der Waals surface area (Å²) in [5, 5.41) is 3.63. The third-order valence-corrected chi connectivity index (χ3v) is 6.31. The van der Waals surface area contributed by atoms with E-state index >= 15 is 0 Å². The molecule has 9 heteroatoms. The predicted octanol–water partition coefficient (Wildman–Crippen LogP) is 4.66. The van der Waals surface area contributed by atoms with Crippen molar-refractivity contribution in [3.05, 3.63) is 33.2 Å². The maximum absolute atomic E-state index is 13.0. The summed E-state index contributed by atoms with van der Waals surface area (Å²) in [5.41, 5.74) is -1.11. The van der Waals surface area contributed by atoms with Crippen molar-refractivity contribution < 1.29 is 22.7 Å². The number of ether oxygens (including phenoxy) is 1. The molecule has 0 aromatic carbocycles. The Hall–Kier alpha value is -1.87. The first-order valence-electron chi connectivity index (χ1n) is 12.7. The summed E-state index contributed by atoms with van der Waals surface area (Å²) >= 11 is 0. The number of halogens is 3. The summed E-state index contributed by atoms with van der Waals surface area (Å²) in [6.45, 7) is 10.2. The van der Waals surface area contributed by atoms with Crippen molar-refractivity contribution in [2.45, 2.75) is 97.4 Å². The smallest absolute Gasteiger partial charge is 0.381 e. The number of aromatic nitrogens is 1. The first-order chi connectivity index (χ1) is 16.2. The first kappa shape index (κ1) is 28.4. The normalized spacial score (nSPS) is 22.7. The van der Waals surface area contributed by atoms with Gasteiger partial charge in [-0.15, -0.1) is 0 Å². The average Bonchev–Trinajstić information content (AvgIpc) is 3.28. The zero-order valence-electron chi connectivity index (χ0n) is 20.9. The largest absolute Gasteiger partial charge is 0.431 e. The summed E-state index contributed by atoms with van der Waals surface area (Å²) in [7, 11) is 0. The van der Waals surface area contributed by atoms with Gasteiger partial charge in [-0.3, -0.25) is 9.59 Å². The van der Waals surface area contributed by atoms with E-state index in [1.54, 1.807) is 4.90 Å². The van der Waals surface area contributed by atoms with Crippen LogP contribution in [0.1, 0.15) is 83.0 Å². The molecule has 4 rings (SSSR count). The Morgan fingerprint density at radius 1 is 1.15 bits per heavy atom. The highest BCUT2D eigenvalue weighted by molar-refractivity contribution is 5.79. The lowest BCUT2D eigenvalue weighted by Crippen LogP contribution is -2.43. The number of carbonyl (C=O) groups is 1. The van der Waals surface area contributed by atoms with Crippen LogP contribution in [0, 0.1) is 5.92 Å². The number of aromatic amines is 1. The minimum Gasteiger partial charge on any atom is -0.381 e. The van der Waals surface area contributed by atoms with Gasteiger partial charge in [-0.2, -0.15) is 13.2 Å². The number of hydrogen-bond donors (Lipinski definition) is 2. The third-order valence-electron chi connectivity index (χ3n) is 6.31. The Morgan fingerprint density at radius 3 is 2.41 bits per heavy atom. The van der Waals surface area contributed by atoms with Gasteiger partial charge in [0.1, 0.15) is 5.69 Å². The molecule has 1 aromatic heterocycles. The molecule has 2 fully saturated rings. The molecule has 1 aliphatic carbocycles. The van der Waals surface area contributed by atoms with Crippen LogP contribution in [-0.4, -0.2) is 47.6 Å². The molecule has 2 atom stereocenters. The molecule has 0 radical (unpaired) electrons. The van der Waals surface area contributed by atoms with Crippen LogP contribution in [0.4, 0.5) is 13.2 Å². The Labute approximate surface area is 200 Å². The molecule has 1 aromatic rings. The molecular weight excluding hydrogens is 447 g/mol. The van der Waals surface area contributed by atoms with Gasteiger partial charge in [0.15, 0.2) is 0 Å². The Bertz CT molecular complexity index is 835. The highest BCUT2D eigenvalue weighted by Crippen LogP contribution is 2.32. The van der Waals surface area contributed by atoms with E-state index < -0.39 is 17.4 Å². The van der Waals surface area contributed by atoms with Gasteiger partial charge in [0.2, 0.25) is 5.91 Å². The lowest BCUT2D eigenvalue weighted by Gasteiger charge is -2.31. The molecule has 2 unspecified atom stereocenters. The molecule has 3 heterocycles. The summed E-state index contributed by atoms with van der Waals surface area (Å²) in [5.74, 6) is -0.126. The second-order valence-corrected chi connectivity index (χ2v) is 8.99. The maximum Gasteiger partial charge on any atom is 0.431 e. The molecule has 1 saturated carbocycles. The van der Waals surface area contributed by atoms with Crippen LogP contribution in [0.3, 0.4) is 0 Å². The quantitative estimate of drug-likeness (QED) is 0.651. The van der Waals surface area contributed by atoms with Crippen molar-refractivity contribution in [2.75, 3.05) is 19.8 Å². The number of carbonyl (C=O) groups excluding carboxylic acids is 1. The second kappa shape index (κ2) is 13.3. The van der Waals surface area contributed by atoms with Crippen LogP contribution in [0.5, 0.6) is 0 Å². The van der Waals surface area contributed by atoms with Gasteiger partial charge in [0.25, 0.3) is 5.56 Å². The molecular formula is C25H40F3N3O3. The third kappa shape index (κ3) is 7.57. The topological polar surface area (TPSA) is 74.4 Å². The lowest BCUT2D eigenvalue weighted by molar-refractivity contribution is -0.141. The van der Waals surface area contributed by atoms with Crippen LogP contribution in [0.15, 0.2) is 10.9 Å². The number of pyridine rings is 1. The van der Waals surface area contributed by atoms with Gasteiger partial charge >= 0.3 is 6.18 Å². The highest BCUT2D eigenvalue weighted by atomic mass is 19.4. The predicted molar refractivity (Wildman–Crippen MR) is 127 cm³/mol. The summed E-state index contributed by atoms with van der Waals surface area (Å²) in [6, 6.07) is 1.70. The van der Waals surface area contributed by atoms with Crippen molar-refractivity contribution in [1.82, 2.24) is 15.2 Å². The Balaban J connectivity index is 0.000000758. The first-order valence-corrected chi connectivity index (χ1v) is 12.7. The number of amides is 1. The second-order valence-electron chi connectivity index (χ2n) is 8.99. The molecule has 0 bridgehead atoms. The van der Waals surface area contributed by atoms with Crippen molar-refractivity contribution in [2.24, 2.45) is 5.92 Å². The van der Waals surface area contributed by atoms with E-state index in [0.29, 0.717) is 29.8 Å². The fourth-order valence-corrected chi connectivity index (χ4v) is 4.74. The lowest BCUT2D eigenvalue weighted by atomic mass is 9.98. The fraction of sp³-hybridized carbons (Fsp3) is 0.760. The van der Waals surface area contributed by atoms with Crippen molar-refractivity contribution in [3.8, 4) is 0 Å². The van der Waals surface area contributed by atoms with E-state index in [9.17, 15) is 22.8 Å². The van der Waals surface area contributed by atoms with Gasteiger partial charge in [0.05, 0.1) is 0 Å². The van der Waals surface area contributed by atoms with E-state index in [1.165, 1.54) is 6.42 Å². The Kier molecular flexibility index (Phi) is 11.1. The van der Waals surface area contributed by atoms with E-state index in [2.05, 4.69) is 19.2 Å². The van der Waals surface area contributed by atoms with E-state index in [-0.39, 0.29) is 24.8 Å². The summed E-state index contributed by atoms with van der Waals surface area (Å²) < 4.78 is 44.4. The van der Waals surface area contributed by atoms with Crippen LogP contribution < -0.4 is 10.9 Å². The van der Waals surface area contributed by atoms with Crippen molar-refractivity contribution in [1.29, 1.82) is 0 Å². The molecule has 3 aliphatic rings. The van der Waals surface area contributed by atoms with Gasteiger partial charge in [-0.1, -0.05) is 34.1 Å². The van der Waals surface area contributed by atoms with Gasteiger partial charge in [-0.25, -0.2) is 0 Å². The van der Waals surface area contributed by atoms with Gasteiger partial charge in [-0.05, 0) is 50.2 Å². The SMILES string of the molecule is CC.CCC.O=C(C1CCC(NC2CCOCC2)C1)N1CCc2c(cc(C(F)(F)F)[nH]c2=O)C1. The van der Waals surface area contributed by atoms with Crippen LogP contribution in [0.25, 0.3) is 0 Å². The number of alkyl halides is 3. The van der Waals surface area contributed by atoms with Crippen LogP contribution in [-0.2, 0) is 28.7 Å². The number of hydrogen-bond acceptors (Lipinski definition) is 4. The molecule has 6 nitrogen and oxygen atoms in total. The monoisotopic (exact) mass is 487 g/mol. The summed E-state index contributed by atoms with van der Waals surface area (Å²) in [4.78, 5) is 28.5. The zero-order valence-corrected chi connectivity index (χ0v) is 20.9. The maximum atomic E-state index is 13.0. The van der Waals surface area contributed by atoms with Crippen LogP contribution in [0.2, 0.25) is 0 Å². The molecule has 2 aliphatic heterocycles. The zero-order chi connectivity index (χ0) is 25.3. The molecule has 194 valence electrons. The number of fused-ring (bicyclic) bond motifs is 1. The van der Waals surface area contributed by atoms with Gasteiger partial charge < -0.3 is 19.9 Å². The van der Waals surface area contributed by atoms with E-state index in [4.69, 9.17) is 4.74 Å². The number of H-pyrrole nitrogens is 1. The van der Waals surface area contributed by atoms with Crippen molar-refractivity contribution in [3.63, 3.8) is 0 Å². The number of rotatable bonds is 3. The summed E-state index contributed by atoms with van der Waals surface area (Å²) in [6.07, 6.45) is 1.34. The molecule has 1 amide bonds. The minimum atomic E-state index is -4.62. The fourth-order valence-electron chi connectivity index (χ4n) is 4.74. The van der Waals surface area contributed by atoms with Crippen molar-refractivity contribution >= 4 is 5.91 Å². The van der Waals surface area contributed by atoms with Gasteiger partial charge in [0, 0.05) is 49.9 Å². The molecule has 0 spiro atoms. The highest BCUT2D eigenvalue weighted by Gasteiger charge is 2.37. The van der Waals surface area contributed by atoms with Crippen LogP contribution >= 0.6 is 0 Å². The number of nitrogens with zero attached hydrogens (tertiary/aromatic N) is 1. The molecule has 34 heavy (non-hydrogen) atoms. The molecule has 2 N–H and O–H groups in total. The standard InChI is InChI=1S/C20H26F3N3O3.C3H8.C2H6/c21-20(22,23)17-10-13-11-26(6-3-16(13)18(27)25-17)19(28)12-1-2-15(9-12)24-14-4-7-29-8-5-14;1-3-2;1-2/h10,12,14-15,24H,1-9,11H2,(H,25,27);3H2,1-2H3;1-2H3. The van der Waals surface area contributed by atoms with E-state index in [0.717, 1.165) is 51.4 Å². The average molecular weight is 488 g/mol. The minimum absolute atomic E-state index is 0.0132.